The van der Waals surface area contributed by atoms with Crippen LogP contribution in [0.1, 0.15) is 79.7 Å². The number of thiophene rings is 1. The number of anilines is 1. The Labute approximate surface area is 286 Å². The van der Waals surface area contributed by atoms with Gasteiger partial charge in [0.15, 0.2) is 9.84 Å². The van der Waals surface area contributed by atoms with Gasteiger partial charge in [0.05, 0.1) is 38.5 Å². The Bertz CT molecular complexity index is 2120. The first-order valence-corrected chi connectivity index (χ1v) is 19.6. The van der Waals surface area contributed by atoms with E-state index in [4.69, 9.17) is 19.7 Å². The van der Waals surface area contributed by atoms with Crippen LogP contribution in [-0.2, 0) is 27.4 Å². The summed E-state index contributed by atoms with van der Waals surface area (Å²) in [7, 11) is -3.61. The van der Waals surface area contributed by atoms with Crippen LogP contribution in [0.4, 0.5) is 5.82 Å². The summed E-state index contributed by atoms with van der Waals surface area (Å²) in [5.74, 6) is 1.43. The van der Waals surface area contributed by atoms with Gasteiger partial charge in [0.2, 0.25) is 0 Å². The molecule has 1 fully saturated rings. The summed E-state index contributed by atoms with van der Waals surface area (Å²) >= 11 is 1.61. The summed E-state index contributed by atoms with van der Waals surface area (Å²) < 4.78 is 35.2. The van der Waals surface area contributed by atoms with Gasteiger partial charge in [0.1, 0.15) is 5.82 Å². The Morgan fingerprint density at radius 1 is 1.00 bits per heavy atom. The summed E-state index contributed by atoms with van der Waals surface area (Å²) in [6.45, 7) is 7.85. The second-order valence-corrected chi connectivity index (χ2v) is 17.0. The van der Waals surface area contributed by atoms with E-state index in [1.54, 1.807) is 11.3 Å². The van der Waals surface area contributed by atoms with E-state index in [0.29, 0.717) is 10.8 Å². The standard InChI is InChI=1S/C38H41N5O3S2/c1-22(2)27-21-48(44,45)37-34(32-20-25-11-16-41-38(36(25)47-32)43-29-9-8-28-26(29)5-4-14-39-28)33(31-19-23(3)10-15-40-31)30(42-35(27)37)7-6-24-12-17-46-18-13-24/h4-5,10-11,14-16,19-20,22,24,27,29H,6-9,12-13,17-18,21H2,1-3H3,(H,41,43)/t27-,29+/m1/s1. The number of fused-ring (bicyclic) bond motifs is 3. The summed E-state index contributed by atoms with van der Waals surface area (Å²) in [6.07, 6.45) is 11.2. The molecule has 5 aromatic heterocycles. The van der Waals surface area contributed by atoms with Crippen LogP contribution >= 0.6 is 11.3 Å². The zero-order chi connectivity index (χ0) is 33.0. The molecule has 1 aliphatic carbocycles. The average molecular weight is 680 g/mol. The number of nitrogens with one attached hydrogen (secondary N) is 1. The number of aryl methyl sites for hydroxylation is 3. The van der Waals surface area contributed by atoms with Crippen LogP contribution in [0.15, 0.2) is 59.9 Å². The lowest BCUT2D eigenvalue weighted by atomic mass is 9.88. The molecule has 0 saturated carbocycles. The van der Waals surface area contributed by atoms with Gasteiger partial charge >= 0.3 is 0 Å². The predicted octanol–water partition coefficient (Wildman–Crippen LogP) is 8.11. The summed E-state index contributed by atoms with van der Waals surface area (Å²) in [4.78, 5) is 20.9. The molecule has 8 nitrogen and oxygen atoms in total. The highest BCUT2D eigenvalue weighted by molar-refractivity contribution is 7.92. The molecule has 10 heteroatoms. The Hall–Kier alpha value is -3.73. The normalized spacial score (nSPS) is 20.3. The van der Waals surface area contributed by atoms with Crippen molar-refractivity contribution in [3.63, 3.8) is 0 Å². The fourth-order valence-corrected chi connectivity index (χ4v) is 11.2. The van der Waals surface area contributed by atoms with E-state index >= 15 is 0 Å². The molecule has 5 aromatic rings. The smallest absolute Gasteiger partial charge is 0.181 e. The molecule has 0 spiro atoms. The van der Waals surface area contributed by atoms with Crippen molar-refractivity contribution >= 4 is 37.1 Å². The molecule has 0 unspecified atom stereocenters. The molecule has 8 rings (SSSR count). The lowest BCUT2D eigenvalue weighted by Gasteiger charge is -2.23. The maximum absolute atomic E-state index is 14.3. The van der Waals surface area contributed by atoms with Crippen LogP contribution in [0.5, 0.6) is 0 Å². The van der Waals surface area contributed by atoms with Gasteiger partial charge in [-0.3, -0.25) is 15.0 Å². The lowest BCUT2D eigenvalue weighted by molar-refractivity contribution is 0.0639. The van der Waals surface area contributed by atoms with Gasteiger partial charge in [-0.2, -0.15) is 0 Å². The first-order chi connectivity index (χ1) is 23.3. The Morgan fingerprint density at radius 3 is 2.65 bits per heavy atom. The zero-order valence-corrected chi connectivity index (χ0v) is 29.3. The molecule has 248 valence electrons. The third kappa shape index (κ3) is 5.71. The van der Waals surface area contributed by atoms with Crippen LogP contribution in [-0.4, -0.2) is 47.3 Å². The average Bonchev–Trinajstić information content (AvgIpc) is 3.78. The highest BCUT2D eigenvalue weighted by Gasteiger charge is 2.42. The number of nitrogens with zero attached hydrogens (tertiary/aromatic N) is 4. The van der Waals surface area contributed by atoms with Crippen molar-refractivity contribution in [1.82, 2.24) is 19.9 Å². The van der Waals surface area contributed by atoms with Crippen molar-refractivity contribution in [2.24, 2.45) is 11.8 Å². The van der Waals surface area contributed by atoms with Gasteiger partial charge in [0.25, 0.3) is 0 Å². The van der Waals surface area contributed by atoms with Crippen molar-refractivity contribution in [2.75, 3.05) is 24.3 Å². The van der Waals surface area contributed by atoms with Crippen molar-refractivity contribution in [1.29, 1.82) is 0 Å². The first kappa shape index (κ1) is 31.5. The molecule has 0 radical (unpaired) electrons. The summed E-state index contributed by atoms with van der Waals surface area (Å²) in [6, 6.07) is 12.5. The molecule has 2 atom stereocenters. The minimum Gasteiger partial charge on any atom is -0.381 e. The van der Waals surface area contributed by atoms with Crippen molar-refractivity contribution in [2.45, 2.75) is 76.2 Å². The fraction of sp³-hybridized carbons (Fsp3) is 0.421. The van der Waals surface area contributed by atoms with Crippen molar-refractivity contribution in [3.05, 3.63) is 83.2 Å². The van der Waals surface area contributed by atoms with E-state index in [1.165, 1.54) is 5.56 Å². The number of sulfone groups is 1. The van der Waals surface area contributed by atoms with E-state index in [1.807, 2.05) is 36.8 Å². The molecular formula is C38H41N5O3S2. The molecule has 48 heavy (non-hydrogen) atoms. The number of pyridine rings is 4. The van der Waals surface area contributed by atoms with Gasteiger partial charge in [-0.1, -0.05) is 19.9 Å². The predicted molar refractivity (Wildman–Crippen MR) is 191 cm³/mol. The van der Waals surface area contributed by atoms with Gasteiger partial charge in [-0.05, 0) is 104 Å². The molecule has 0 bridgehead atoms. The summed E-state index contributed by atoms with van der Waals surface area (Å²) in [5.41, 5.74) is 7.47. The number of ether oxygens (including phenoxy) is 1. The van der Waals surface area contributed by atoms with E-state index in [9.17, 15) is 8.42 Å². The third-order valence-electron chi connectivity index (χ3n) is 10.4. The number of hydrogen-bond donors (Lipinski definition) is 1. The molecule has 1 N–H and O–H groups in total. The molecule has 0 amide bonds. The minimum absolute atomic E-state index is 0.0818. The Morgan fingerprint density at radius 2 is 1.83 bits per heavy atom. The number of rotatable bonds is 8. The van der Waals surface area contributed by atoms with E-state index in [0.717, 1.165) is 112 Å². The molecule has 3 aliphatic rings. The maximum atomic E-state index is 14.3. The Kier molecular flexibility index (Phi) is 8.29. The van der Waals surface area contributed by atoms with Gasteiger partial charge in [-0.25, -0.2) is 13.4 Å². The lowest BCUT2D eigenvalue weighted by Crippen LogP contribution is -2.17. The largest absolute Gasteiger partial charge is 0.381 e. The minimum atomic E-state index is -3.61. The summed E-state index contributed by atoms with van der Waals surface area (Å²) in [5, 5.41) is 4.76. The molecule has 0 aromatic carbocycles. The van der Waals surface area contributed by atoms with Crippen molar-refractivity contribution in [3.8, 4) is 21.7 Å². The van der Waals surface area contributed by atoms with Crippen LogP contribution in [0.3, 0.4) is 0 Å². The topological polar surface area (TPSA) is 107 Å². The maximum Gasteiger partial charge on any atom is 0.181 e. The van der Waals surface area contributed by atoms with E-state index in [2.05, 4.69) is 49.3 Å². The zero-order valence-electron chi connectivity index (χ0n) is 27.7. The fourth-order valence-electron chi connectivity index (χ4n) is 7.77. The monoisotopic (exact) mass is 679 g/mol. The van der Waals surface area contributed by atoms with E-state index in [-0.39, 0.29) is 23.6 Å². The highest BCUT2D eigenvalue weighted by atomic mass is 32.2. The Balaban J connectivity index is 1.33. The van der Waals surface area contributed by atoms with Crippen LogP contribution in [0.25, 0.3) is 31.8 Å². The van der Waals surface area contributed by atoms with Crippen LogP contribution < -0.4 is 5.32 Å². The molecule has 7 heterocycles. The molecular weight excluding hydrogens is 639 g/mol. The van der Waals surface area contributed by atoms with Crippen LogP contribution in [0.2, 0.25) is 0 Å². The highest BCUT2D eigenvalue weighted by Crippen LogP contribution is 2.51. The van der Waals surface area contributed by atoms with Gasteiger partial charge < -0.3 is 10.1 Å². The second-order valence-electron chi connectivity index (χ2n) is 13.9. The molecule has 1 saturated heterocycles. The quantitative estimate of drug-likeness (QED) is 0.175. The van der Waals surface area contributed by atoms with Gasteiger partial charge in [0, 0.05) is 59.4 Å². The van der Waals surface area contributed by atoms with E-state index < -0.39 is 9.84 Å². The van der Waals surface area contributed by atoms with Crippen LogP contribution in [0, 0.1) is 18.8 Å². The number of hydrogen-bond acceptors (Lipinski definition) is 9. The second kappa shape index (κ2) is 12.6. The number of aromatic nitrogens is 4. The SMILES string of the molecule is Cc1ccnc(-c2c(CCC3CCOCC3)nc3c(c2-c2cc4ccnc(N[C@H]5CCc6ncccc65)c4s2)S(=O)(=O)C[C@@H]3C(C)C)c1. The third-order valence-corrected chi connectivity index (χ3v) is 13.4. The van der Waals surface area contributed by atoms with Crippen molar-refractivity contribution < 1.29 is 13.2 Å². The first-order valence-electron chi connectivity index (χ1n) is 17.2. The molecule has 2 aliphatic heterocycles. The van der Waals surface area contributed by atoms with Gasteiger partial charge in [-0.15, -0.1) is 11.3 Å².